The Kier molecular flexibility index (Phi) is 4.03. The van der Waals surface area contributed by atoms with Crippen molar-refractivity contribution in [3.05, 3.63) is 33.9 Å². The van der Waals surface area contributed by atoms with Crippen LogP contribution >= 0.6 is 0 Å². The molecule has 6 heteroatoms. The van der Waals surface area contributed by atoms with E-state index < -0.39 is 16.6 Å². The zero-order valence-electron chi connectivity index (χ0n) is 9.54. The zero-order valence-corrected chi connectivity index (χ0v) is 9.54. The third-order valence-corrected chi connectivity index (χ3v) is 1.98. The van der Waals surface area contributed by atoms with Gasteiger partial charge >= 0.3 is 5.97 Å². The lowest BCUT2D eigenvalue weighted by atomic mass is 10.1. The van der Waals surface area contributed by atoms with E-state index in [4.69, 9.17) is 9.84 Å². The van der Waals surface area contributed by atoms with Crippen LogP contribution in [0.5, 0.6) is 5.75 Å². The van der Waals surface area contributed by atoms with Crippen molar-refractivity contribution in [2.45, 2.75) is 13.8 Å². The average molecular weight is 239 g/mol. The van der Waals surface area contributed by atoms with Gasteiger partial charge in [-0.25, -0.2) is 4.79 Å². The van der Waals surface area contributed by atoms with Crippen molar-refractivity contribution in [1.29, 1.82) is 0 Å². The number of carboxylic acids is 1. The summed E-state index contributed by atoms with van der Waals surface area (Å²) in [6, 6.07) is 3.72. The van der Waals surface area contributed by atoms with Crippen LogP contribution in [-0.4, -0.2) is 22.6 Å². The lowest BCUT2D eigenvalue weighted by Gasteiger charge is -2.08. The lowest BCUT2D eigenvalue weighted by molar-refractivity contribution is -0.385. The molecule has 0 amide bonds. The summed E-state index contributed by atoms with van der Waals surface area (Å²) in [6.07, 6.45) is 0. The molecule has 17 heavy (non-hydrogen) atoms. The number of nitro groups is 1. The first kappa shape index (κ1) is 13.0. The van der Waals surface area contributed by atoms with Crippen LogP contribution in [-0.2, 0) is 0 Å². The molecule has 0 atom stereocenters. The number of carbonyl (C=O) groups is 1. The molecular formula is C11H13NO5. The van der Waals surface area contributed by atoms with Crippen molar-refractivity contribution in [3.63, 3.8) is 0 Å². The first-order valence-electron chi connectivity index (χ1n) is 5.06. The van der Waals surface area contributed by atoms with E-state index in [9.17, 15) is 14.9 Å². The Morgan fingerprint density at radius 3 is 2.65 bits per heavy atom. The van der Waals surface area contributed by atoms with Crippen molar-refractivity contribution in [2.24, 2.45) is 5.92 Å². The molecule has 0 heterocycles. The molecule has 0 aliphatic rings. The molecule has 0 saturated carbocycles. The fraction of sp³-hybridized carbons (Fsp3) is 0.364. The van der Waals surface area contributed by atoms with Crippen molar-refractivity contribution < 1.29 is 19.6 Å². The molecule has 1 aromatic rings. The molecule has 0 radical (unpaired) electrons. The standard InChI is InChI=1S/C11H13NO5/c1-7(2)6-17-8-3-4-9(11(13)14)10(5-8)12(15)16/h3-5,7H,6H2,1-2H3,(H,13,14). The van der Waals surface area contributed by atoms with Crippen LogP contribution in [0.1, 0.15) is 24.2 Å². The summed E-state index contributed by atoms with van der Waals surface area (Å²) >= 11 is 0. The number of benzene rings is 1. The average Bonchev–Trinajstić information content (AvgIpc) is 2.25. The molecule has 0 aliphatic heterocycles. The highest BCUT2D eigenvalue weighted by Crippen LogP contribution is 2.25. The summed E-state index contributed by atoms with van der Waals surface area (Å²) in [5.74, 6) is -0.740. The first-order valence-corrected chi connectivity index (χ1v) is 5.06. The van der Waals surface area contributed by atoms with Gasteiger partial charge in [-0.05, 0) is 18.1 Å². The number of carboxylic acid groups (broad SMARTS) is 1. The van der Waals surface area contributed by atoms with Gasteiger partial charge in [-0.15, -0.1) is 0 Å². The Hall–Kier alpha value is -2.11. The van der Waals surface area contributed by atoms with Crippen molar-refractivity contribution in [2.75, 3.05) is 6.61 Å². The van der Waals surface area contributed by atoms with Crippen LogP contribution < -0.4 is 4.74 Å². The summed E-state index contributed by atoms with van der Waals surface area (Å²) in [4.78, 5) is 20.7. The van der Waals surface area contributed by atoms with Gasteiger partial charge in [0.05, 0.1) is 17.6 Å². The Bertz CT molecular complexity index is 441. The molecule has 0 aliphatic carbocycles. The number of hydrogen-bond donors (Lipinski definition) is 1. The van der Waals surface area contributed by atoms with Gasteiger partial charge < -0.3 is 9.84 Å². The van der Waals surface area contributed by atoms with Crippen LogP contribution in [0.2, 0.25) is 0 Å². The maximum Gasteiger partial charge on any atom is 0.342 e. The van der Waals surface area contributed by atoms with Crippen LogP contribution in [0.3, 0.4) is 0 Å². The Balaban J connectivity index is 3.02. The van der Waals surface area contributed by atoms with Gasteiger partial charge in [0.15, 0.2) is 0 Å². The van der Waals surface area contributed by atoms with Gasteiger partial charge in [0.1, 0.15) is 11.3 Å². The number of nitrogens with zero attached hydrogens (tertiary/aromatic N) is 1. The number of ether oxygens (including phenoxy) is 1. The third kappa shape index (κ3) is 3.44. The molecule has 0 bridgehead atoms. The van der Waals surface area contributed by atoms with E-state index in [1.807, 2.05) is 13.8 Å². The van der Waals surface area contributed by atoms with E-state index in [1.165, 1.54) is 12.1 Å². The van der Waals surface area contributed by atoms with Gasteiger partial charge in [-0.2, -0.15) is 0 Å². The van der Waals surface area contributed by atoms with Crippen molar-refractivity contribution >= 4 is 11.7 Å². The number of aromatic carboxylic acids is 1. The van der Waals surface area contributed by atoms with Gasteiger partial charge in [0.25, 0.3) is 5.69 Å². The first-order chi connectivity index (χ1) is 7.91. The quantitative estimate of drug-likeness (QED) is 0.629. The lowest BCUT2D eigenvalue weighted by Crippen LogP contribution is -2.06. The largest absolute Gasteiger partial charge is 0.493 e. The third-order valence-electron chi connectivity index (χ3n) is 1.98. The minimum absolute atomic E-state index is 0.285. The molecule has 6 nitrogen and oxygen atoms in total. The second-order valence-corrected chi connectivity index (χ2v) is 3.95. The molecule has 1 rings (SSSR count). The minimum atomic E-state index is -1.33. The molecule has 1 aromatic carbocycles. The smallest absolute Gasteiger partial charge is 0.342 e. The van der Waals surface area contributed by atoms with Gasteiger partial charge in [-0.3, -0.25) is 10.1 Å². The second kappa shape index (κ2) is 5.29. The highest BCUT2D eigenvalue weighted by Gasteiger charge is 2.20. The fourth-order valence-electron chi connectivity index (χ4n) is 1.20. The molecular weight excluding hydrogens is 226 g/mol. The summed E-state index contributed by atoms with van der Waals surface area (Å²) in [7, 11) is 0. The minimum Gasteiger partial charge on any atom is -0.493 e. The predicted octanol–water partition coefficient (Wildman–Crippen LogP) is 2.33. The van der Waals surface area contributed by atoms with Gasteiger partial charge in [0, 0.05) is 0 Å². The predicted molar refractivity (Wildman–Crippen MR) is 60.4 cm³/mol. The Morgan fingerprint density at radius 2 is 2.18 bits per heavy atom. The highest BCUT2D eigenvalue weighted by molar-refractivity contribution is 5.92. The topological polar surface area (TPSA) is 89.7 Å². The van der Waals surface area contributed by atoms with Crippen LogP contribution in [0, 0.1) is 16.0 Å². The van der Waals surface area contributed by atoms with E-state index in [0.717, 1.165) is 6.07 Å². The monoisotopic (exact) mass is 239 g/mol. The summed E-state index contributed by atoms with van der Waals surface area (Å²) in [5.41, 5.74) is -0.800. The zero-order chi connectivity index (χ0) is 13.0. The molecule has 0 aromatic heterocycles. The Labute approximate surface area is 98.0 Å². The molecule has 1 N–H and O–H groups in total. The maximum absolute atomic E-state index is 10.8. The van der Waals surface area contributed by atoms with E-state index in [1.54, 1.807) is 0 Å². The molecule has 0 spiro atoms. The van der Waals surface area contributed by atoms with Crippen molar-refractivity contribution in [1.82, 2.24) is 0 Å². The number of rotatable bonds is 5. The maximum atomic E-state index is 10.8. The number of hydrogen-bond acceptors (Lipinski definition) is 4. The Morgan fingerprint density at radius 1 is 1.53 bits per heavy atom. The van der Waals surface area contributed by atoms with Gasteiger partial charge in [0.2, 0.25) is 0 Å². The van der Waals surface area contributed by atoms with Crippen LogP contribution in [0.25, 0.3) is 0 Å². The van der Waals surface area contributed by atoms with Gasteiger partial charge in [-0.1, -0.05) is 13.8 Å². The van der Waals surface area contributed by atoms with Crippen LogP contribution in [0.4, 0.5) is 5.69 Å². The van der Waals surface area contributed by atoms with Crippen LogP contribution in [0.15, 0.2) is 18.2 Å². The number of nitro benzene ring substituents is 1. The van der Waals surface area contributed by atoms with E-state index in [2.05, 4.69) is 0 Å². The molecule has 92 valence electrons. The molecule has 0 unspecified atom stereocenters. The summed E-state index contributed by atoms with van der Waals surface area (Å²) in [6.45, 7) is 4.31. The highest BCUT2D eigenvalue weighted by atomic mass is 16.6. The second-order valence-electron chi connectivity index (χ2n) is 3.95. The SMILES string of the molecule is CC(C)COc1ccc(C(=O)O)c([N+](=O)[O-])c1. The summed E-state index contributed by atoms with van der Waals surface area (Å²) < 4.78 is 5.30. The van der Waals surface area contributed by atoms with Crippen molar-refractivity contribution in [3.8, 4) is 5.75 Å². The fourth-order valence-corrected chi connectivity index (χ4v) is 1.20. The molecule has 0 saturated heterocycles. The van der Waals surface area contributed by atoms with E-state index in [0.29, 0.717) is 12.4 Å². The van der Waals surface area contributed by atoms with E-state index >= 15 is 0 Å². The normalized spacial score (nSPS) is 10.3. The molecule has 0 fully saturated rings. The summed E-state index contributed by atoms with van der Waals surface area (Å²) in [5, 5.41) is 19.5. The van der Waals surface area contributed by atoms with E-state index in [-0.39, 0.29) is 11.5 Å².